The van der Waals surface area contributed by atoms with Crippen molar-refractivity contribution in [1.82, 2.24) is 15.1 Å². The first-order valence-electron chi connectivity index (χ1n) is 6.12. The first-order chi connectivity index (χ1) is 8.22. The van der Waals surface area contributed by atoms with Gasteiger partial charge < -0.3 is 10.2 Å². The highest BCUT2D eigenvalue weighted by Gasteiger charge is 2.38. The Kier molecular flexibility index (Phi) is 4.23. The molecule has 0 saturated carbocycles. The van der Waals surface area contributed by atoms with E-state index in [1.807, 2.05) is 0 Å². The number of urea groups is 1. The molecular weight excluding hydrogens is 242 g/mol. The summed E-state index contributed by atoms with van der Waals surface area (Å²) in [6.07, 6.45) is 3.63. The fourth-order valence-corrected chi connectivity index (χ4v) is 2.57. The lowest BCUT2D eigenvalue weighted by Crippen LogP contribution is -2.44. The van der Waals surface area contributed by atoms with E-state index in [2.05, 4.69) is 10.2 Å². The molecule has 6 heteroatoms. The third kappa shape index (κ3) is 2.90. The summed E-state index contributed by atoms with van der Waals surface area (Å²) in [7, 11) is 0. The van der Waals surface area contributed by atoms with Crippen LogP contribution < -0.4 is 5.32 Å². The summed E-state index contributed by atoms with van der Waals surface area (Å²) in [6.45, 7) is 2.97. The minimum atomic E-state index is -0.385. The maximum absolute atomic E-state index is 11.9. The lowest BCUT2D eigenvalue weighted by Gasteiger charge is -2.27. The topological polar surface area (TPSA) is 52.7 Å². The average molecular weight is 260 g/mol. The Labute approximate surface area is 106 Å². The number of piperidine rings is 1. The highest BCUT2D eigenvalue weighted by atomic mass is 35.5. The van der Waals surface area contributed by atoms with E-state index in [-0.39, 0.29) is 23.9 Å². The van der Waals surface area contributed by atoms with E-state index >= 15 is 0 Å². The van der Waals surface area contributed by atoms with Crippen LogP contribution in [0.15, 0.2) is 0 Å². The fourth-order valence-electron chi connectivity index (χ4n) is 2.40. The monoisotopic (exact) mass is 259 g/mol. The van der Waals surface area contributed by atoms with Gasteiger partial charge in [0.2, 0.25) is 0 Å². The molecule has 0 bridgehead atoms. The number of rotatable bonds is 4. The molecule has 1 N–H and O–H groups in total. The van der Waals surface area contributed by atoms with Crippen LogP contribution in [-0.4, -0.2) is 59.8 Å². The van der Waals surface area contributed by atoms with Crippen LogP contribution >= 0.6 is 11.6 Å². The third-order valence-electron chi connectivity index (χ3n) is 3.30. The van der Waals surface area contributed by atoms with Crippen molar-refractivity contribution in [3.05, 3.63) is 0 Å². The van der Waals surface area contributed by atoms with E-state index in [9.17, 15) is 9.59 Å². The second-order valence-corrected chi connectivity index (χ2v) is 4.92. The molecule has 0 radical (unpaired) electrons. The molecule has 5 nitrogen and oxygen atoms in total. The number of hydrogen-bond donors (Lipinski definition) is 1. The Balaban J connectivity index is 1.89. The van der Waals surface area contributed by atoms with E-state index in [1.165, 1.54) is 24.2 Å². The summed E-state index contributed by atoms with van der Waals surface area (Å²) in [6, 6.07) is -0.693. The van der Waals surface area contributed by atoms with E-state index in [1.54, 1.807) is 0 Å². The van der Waals surface area contributed by atoms with Crippen molar-refractivity contribution >= 4 is 23.5 Å². The average Bonchev–Trinajstić information content (AvgIpc) is 2.59. The highest BCUT2D eigenvalue weighted by Crippen LogP contribution is 2.12. The Morgan fingerprint density at radius 3 is 2.59 bits per heavy atom. The number of nitrogens with zero attached hydrogens (tertiary/aromatic N) is 2. The van der Waals surface area contributed by atoms with Gasteiger partial charge in [0.05, 0.1) is 0 Å². The van der Waals surface area contributed by atoms with Crippen molar-refractivity contribution < 1.29 is 9.59 Å². The normalized spacial score (nSPS) is 26.4. The van der Waals surface area contributed by atoms with Crippen molar-refractivity contribution in [3.8, 4) is 0 Å². The molecule has 1 unspecified atom stereocenters. The maximum Gasteiger partial charge on any atom is 0.324 e. The van der Waals surface area contributed by atoms with E-state index < -0.39 is 0 Å². The lowest BCUT2D eigenvalue weighted by molar-refractivity contribution is -0.127. The summed E-state index contributed by atoms with van der Waals surface area (Å²) in [5, 5.41) is 2.72. The van der Waals surface area contributed by atoms with E-state index in [0.717, 1.165) is 13.1 Å². The SMILES string of the molecule is O=C1NC(CN2CCCCC2)C(=O)N1CCCl. The molecular formula is C11H18ClN3O2. The number of imide groups is 1. The number of halogens is 1. The van der Waals surface area contributed by atoms with Crippen molar-refractivity contribution in [1.29, 1.82) is 0 Å². The third-order valence-corrected chi connectivity index (χ3v) is 3.47. The van der Waals surface area contributed by atoms with Crippen molar-refractivity contribution in [2.45, 2.75) is 25.3 Å². The van der Waals surface area contributed by atoms with Crippen molar-refractivity contribution in [2.24, 2.45) is 0 Å². The summed E-state index contributed by atoms with van der Waals surface area (Å²) < 4.78 is 0. The summed E-state index contributed by atoms with van der Waals surface area (Å²) in [4.78, 5) is 26.9. The zero-order chi connectivity index (χ0) is 12.3. The lowest BCUT2D eigenvalue weighted by atomic mass is 10.1. The minimum Gasteiger partial charge on any atom is -0.324 e. The van der Waals surface area contributed by atoms with E-state index in [0.29, 0.717) is 13.1 Å². The maximum atomic E-state index is 11.9. The van der Waals surface area contributed by atoms with Crippen LogP contribution in [-0.2, 0) is 4.79 Å². The molecule has 0 aromatic rings. The number of carbonyl (C=O) groups excluding carboxylic acids is 2. The van der Waals surface area contributed by atoms with Gasteiger partial charge in [0.1, 0.15) is 6.04 Å². The van der Waals surface area contributed by atoms with Gasteiger partial charge in [-0.15, -0.1) is 11.6 Å². The standard InChI is InChI=1S/C11H18ClN3O2/c12-4-7-15-10(16)9(13-11(15)17)8-14-5-2-1-3-6-14/h9H,1-8H2,(H,13,17). The predicted octanol–water partition coefficient (Wildman–Crippen LogP) is 0.631. The van der Waals surface area contributed by atoms with Crippen LogP contribution in [0.4, 0.5) is 4.79 Å². The largest absolute Gasteiger partial charge is 0.324 e. The molecule has 1 atom stereocenters. The molecule has 2 fully saturated rings. The van der Waals surface area contributed by atoms with Crippen LogP contribution in [0.5, 0.6) is 0 Å². The molecule has 2 aliphatic rings. The number of likely N-dealkylation sites (tertiary alicyclic amines) is 1. The molecule has 0 aromatic carbocycles. The van der Waals surface area contributed by atoms with Gasteiger partial charge in [0.25, 0.3) is 5.91 Å². The highest BCUT2D eigenvalue weighted by molar-refractivity contribution is 6.18. The molecule has 17 heavy (non-hydrogen) atoms. The van der Waals surface area contributed by atoms with Gasteiger partial charge in [0.15, 0.2) is 0 Å². The number of alkyl halides is 1. The summed E-state index contributed by atoms with van der Waals surface area (Å²) in [5.74, 6) is 0.150. The zero-order valence-electron chi connectivity index (χ0n) is 9.82. The van der Waals surface area contributed by atoms with Gasteiger partial charge in [-0.25, -0.2) is 4.79 Å². The zero-order valence-corrected chi connectivity index (χ0v) is 10.6. The molecule has 2 heterocycles. The summed E-state index contributed by atoms with van der Waals surface area (Å²) >= 11 is 5.57. The first-order valence-corrected chi connectivity index (χ1v) is 6.66. The quantitative estimate of drug-likeness (QED) is 0.595. The van der Waals surface area contributed by atoms with Crippen LogP contribution in [0.25, 0.3) is 0 Å². The Morgan fingerprint density at radius 1 is 1.24 bits per heavy atom. The Morgan fingerprint density at radius 2 is 1.94 bits per heavy atom. The number of hydrogen-bond acceptors (Lipinski definition) is 3. The smallest absolute Gasteiger partial charge is 0.324 e. The summed E-state index contributed by atoms with van der Waals surface area (Å²) in [5.41, 5.74) is 0. The second kappa shape index (κ2) is 5.69. The van der Waals surface area contributed by atoms with Gasteiger partial charge >= 0.3 is 6.03 Å². The number of amides is 3. The van der Waals surface area contributed by atoms with Gasteiger partial charge in [-0.3, -0.25) is 9.69 Å². The van der Waals surface area contributed by atoms with Crippen LogP contribution in [0.1, 0.15) is 19.3 Å². The minimum absolute atomic E-state index is 0.138. The van der Waals surface area contributed by atoms with Gasteiger partial charge in [-0.05, 0) is 25.9 Å². The van der Waals surface area contributed by atoms with Crippen molar-refractivity contribution in [3.63, 3.8) is 0 Å². The molecule has 2 saturated heterocycles. The van der Waals surface area contributed by atoms with Crippen molar-refractivity contribution in [2.75, 3.05) is 32.1 Å². The van der Waals surface area contributed by atoms with Crippen LogP contribution in [0.3, 0.4) is 0 Å². The Hall–Kier alpha value is -0.810. The molecule has 0 aromatic heterocycles. The number of nitrogens with one attached hydrogen (secondary N) is 1. The van der Waals surface area contributed by atoms with Crippen LogP contribution in [0, 0.1) is 0 Å². The van der Waals surface area contributed by atoms with Gasteiger partial charge in [-0.1, -0.05) is 6.42 Å². The Bertz CT molecular complexity index is 305. The predicted molar refractivity (Wildman–Crippen MR) is 65.0 cm³/mol. The van der Waals surface area contributed by atoms with Crippen LogP contribution in [0.2, 0.25) is 0 Å². The molecule has 3 amide bonds. The van der Waals surface area contributed by atoms with Gasteiger partial charge in [0, 0.05) is 19.0 Å². The molecule has 0 aliphatic carbocycles. The fraction of sp³-hybridized carbons (Fsp3) is 0.818. The molecule has 96 valence electrons. The van der Waals surface area contributed by atoms with E-state index in [4.69, 9.17) is 11.6 Å². The number of carbonyl (C=O) groups is 2. The molecule has 0 spiro atoms. The first kappa shape index (κ1) is 12.6. The molecule has 2 rings (SSSR count). The second-order valence-electron chi connectivity index (χ2n) is 4.54. The van der Waals surface area contributed by atoms with Gasteiger partial charge in [-0.2, -0.15) is 0 Å². The molecule has 2 aliphatic heterocycles.